The minimum Gasteiger partial charge on any atom is -0.393 e. The Morgan fingerprint density at radius 3 is 2.61 bits per heavy atom. The van der Waals surface area contributed by atoms with E-state index in [0.717, 1.165) is 43.8 Å². The molecular formula is C17H27FIN3O. The first-order valence-electron chi connectivity index (χ1n) is 8.06. The minimum atomic E-state index is -0.182. The molecule has 1 aliphatic rings. The van der Waals surface area contributed by atoms with Crippen LogP contribution in [0.4, 0.5) is 4.39 Å². The summed E-state index contributed by atoms with van der Waals surface area (Å²) in [5.41, 5.74) is 1.64. The Morgan fingerprint density at radius 1 is 1.30 bits per heavy atom. The van der Waals surface area contributed by atoms with Gasteiger partial charge in [0.1, 0.15) is 5.82 Å². The van der Waals surface area contributed by atoms with Crippen molar-refractivity contribution < 1.29 is 9.50 Å². The van der Waals surface area contributed by atoms with Crippen molar-refractivity contribution in [2.75, 3.05) is 6.54 Å². The van der Waals surface area contributed by atoms with Crippen LogP contribution < -0.4 is 10.6 Å². The second kappa shape index (κ2) is 10.1. The molecule has 3 N–H and O–H groups in total. The van der Waals surface area contributed by atoms with Crippen LogP contribution in [0, 0.1) is 12.7 Å². The van der Waals surface area contributed by atoms with Crippen molar-refractivity contribution in [3.63, 3.8) is 0 Å². The Morgan fingerprint density at radius 2 is 2.00 bits per heavy atom. The number of hydrogen-bond donors (Lipinski definition) is 3. The van der Waals surface area contributed by atoms with Crippen molar-refractivity contribution in [2.45, 2.75) is 58.2 Å². The average Bonchev–Trinajstić information content (AvgIpc) is 2.50. The maximum Gasteiger partial charge on any atom is 0.191 e. The number of aliphatic hydroxyl groups excluding tert-OH is 1. The molecule has 0 aliphatic heterocycles. The topological polar surface area (TPSA) is 56.7 Å². The zero-order valence-corrected chi connectivity index (χ0v) is 16.1. The SMILES string of the molecule is CCNC(=NCc1ccc(F)c(C)c1)NC1CCC(O)CC1.I. The molecule has 0 radical (unpaired) electrons. The van der Waals surface area contributed by atoms with Gasteiger partial charge in [-0.2, -0.15) is 0 Å². The van der Waals surface area contributed by atoms with E-state index in [1.165, 1.54) is 6.07 Å². The molecule has 0 spiro atoms. The molecule has 6 heteroatoms. The highest BCUT2D eigenvalue weighted by molar-refractivity contribution is 14.0. The van der Waals surface area contributed by atoms with Crippen molar-refractivity contribution in [2.24, 2.45) is 4.99 Å². The van der Waals surface area contributed by atoms with E-state index in [2.05, 4.69) is 15.6 Å². The van der Waals surface area contributed by atoms with Gasteiger partial charge in [-0.25, -0.2) is 9.38 Å². The van der Waals surface area contributed by atoms with E-state index in [1.54, 1.807) is 13.0 Å². The van der Waals surface area contributed by atoms with Crippen molar-refractivity contribution >= 4 is 29.9 Å². The fraction of sp³-hybridized carbons (Fsp3) is 0.588. The van der Waals surface area contributed by atoms with Crippen molar-refractivity contribution in [1.82, 2.24) is 10.6 Å². The number of benzene rings is 1. The van der Waals surface area contributed by atoms with E-state index >= 15 is 0 Å². The largest absolute Gasteiger partial charge is 0.393 e. The molecule has 0 atom stereocenters. The third-order valence-corrected chi connectivity index (χ3v) is 4.02. The fourth-order valence-corrected chi connectivity index (χ4v) is 2.71. The van der Waals surface area contributed by atoms with Gasteiger partial charge in [-0.1, -0.05) is 12.1 Å². The van der Waals surface area contributed by atoms with Gasteiger partial charge in [-0.3, -0.25) is 0 Å². The first-order chi connectivity index (χ1) is 10.6. The maximum atomic E-state index is 13.3. The van der Waals surface area contributed by atoms with E-state index < -0.39 is 0 Å². The molecule has 0 aromatic heterocycles. The molecule has 4 nitrogen and oxygen atoms in total. The predicted octanol–water partition coefficient (Wildman–Crippen LogP) is 3.11. The van der Waals surface area contributed by atoms with Crippen LogP contribution in [-0.2, 0) is 6.54 Å². The van der Waals surface area contributed by atoms with Crippen molar-refractivity contribution in [3.05, 3.63) is 35.1 Å². The molecule has 0 amide bonds. The van der Waals surface area contributed by atoms with Crippen LogP contribution in [-0.4, -0.2) is 29.8 Å². The van der Waals surface area contributed by atoms with Gasteiger partial charge in [-0.15, -0.1) is 24.0 Å². The van der Waals surface area contributed by atoms with E-state index in [9.17, 15) is 9.50 Å². The zero-order valence-electron chi connectivity index (χ0n) is 13.8. The normalized spacial score (nSPS) is 21.5. The summed E-state index contributed by atoms with van der Waals surface area (Å²) in [7, 11) is 0. The van der Waals surface area contributed by atoms with E-state index in [-0.39, 0.29) is 35.9 Å². The molecular weight excluding hydrogens is 408 g/mol. The summed E-state index contributed by atoms with van der Waals surface area (Å²) in [5.74, 6) is 0.601. The molecule has 1 aromatic carbocycles. The first kappa shape index (κ1) is 20.2. The second-order valence-corrected chi connectivity index (χ2v) is 5.93. The zero-order chi connectivity index (χ0) is 15.9. The van der Waals surface area contributed by atoms with Gasteiger partial charge in [0.05, 0.1) is 12.6 Å². The van der Waals surface area contributed by atoms with Crippen molar-refractivity contribution in [1.29, 1.82) is 0 Å². The van der Waals surface area contributed by atoms with E-state index in [1.807, 2.05) is 13.0 Å². The van der Waals surface area contributed by atoms with Crippen LogP contribution in [0.25, 0.3) is 0 Å². The molecule has 2 rings (SSSR count). The molecule has 1 aromatic rings. The van der Waals surface area contributed by atoms with Crippen LogP contribution in [0.5, 0.6) is 0 Å². The van der Waals surface area contributed by atoms with Gasteiger partial charge in [0, 0.05) is 12.6 Å². The Hall–Kier alpha value is -0.890. The number of halogens is 2. The first-order valence-corrected chi connectivity index (χ1v) is 8.06. The number of nitrogens with zero attached hydrogens (tertiary/aromatic N) is 1. The third kappa shape index (κ3) is 6.63. The van der Waals surface area contributed by atoms with E-state index in [0.29, 0.717) is 18.2 Å². The maximum absolute atomic E-state index is 13.3. The summed E-state index contributed by atoms with van der Waals surface area (Å²) < 4.78 is 13.3. The van der Waals surface area contributed by atoms with Crippen LogP contribution >= 0.6 is 24.0 Å². The number of rotatable bonds is 4. The Balaban J connectivity index is 0.00000264. The number of nitrogens with one attached hydrogen (secondary N) is 2. The van der Waals surface area contributed by atoms with Gasteiger partial charge in [0.25, 0.3) is 0 Å². The summed E-state index contributed by atoms with van der Waals surface area (Å²) in [6.07, 6.45) is 3.45. The summed E-state index contributed by atoms with van der Waals surface area (Å²) in [5, 5.41) is 16.2. The number of aliphatic hydroxyl groups is 1. The average molecular weight is 435 g/mol. The summed E-state index contributed by atoms with van der Waals surface area (Å²) in [6, 6.07) is 5.45. The highest BCUT2D eigenvalue weighted by Crippen LogP contribution is 2.18. The Labute approximate surface area is 155 Å². The molecule has 23 heavy (non-hydrogen) atoms. The second-order valence-electron chi connectivity index (χ2n) is 5.93. The highest BCUT2D eigenvalue weighted by atomic mass is 127. The van der Waals surface area contributed by atoms with Crippen LogP contribution in [0.3, 0.4) is 0 Å². The monoisotopic (exact) mass is 435 g/mol. The van der Waals surface area contributed by atoms with Crippen LogP contribution in [0.1, 0.15) is 43.7 Å². The molecule has 0 heterocycles. The molecule has 1 fully saturated rings. The molecule has 130 valence electrons. The fourth-order valence-electron chi connectivity index (χ4n) is 2.71. The molecule has 0 bridgehead atoms. The Bertz CT molecular complexity index is 517. The molecule has 1 saturated carbocycles. The number of aryl methyl sites for hydroxylation is 1. The van der Waals surface area contributed by atoms with Gasteiger partial charge in [0.2, 0.25) is 0 Å². The smallest absolute Gasteiger partial charge is 0.191 e. The summed E-state index contributed by atoms with van der Waals surface area (Å²) in [4.78, 5) is 4.58. The highest BCUT2D eigenvalue weighted by Gasteiger charge is 2.19. The standard InChI is InChI=1S/C17H26FN3O.HI/c1-3-19-17(21-14-5-7-15(22)8-6-14)20-11-13-4-9-16(18)12(2)10-13;/h4,9-10,14-15,22H,3,5-8,11H2,1-2H3,(H2,19,20,21);1H. The van der Waals surface area contributed by atoms with Crippen LogP contribution in [0.2, 0.25) is 0 Å². The van der Waals surface area contributed by atoms with E-state index in [4.69, 9.17) is 0 Å². The number of guanidine groups is 1. The summed E-state index contributed by atoms with van der Waals surface area (Å²) >= 11 is 0. The minimum absolute atomic E-state index is 0. The van der Waals surface area contributed by atoms with Gasteiger partial charge >= 0.3 is 0 Å². The van der Waals surface area contributed by atoms with Gasteiger partial charge in [0.15, 0.2) is 5.96 Å². The third-order valence-electron chi connectivity index (χ3n) is 4.02. The molecule has 0 saturated heterocycles. The van der Waals surface area contributed by atoms with Crippen LogP contribution in [0.15, 0.2) is 23.2 Å². The van der Waals surface area contributed by atoms with Gasteiger partial charge < -0.3 is 15.7 Å². The molecule has 0 unspecified atom stereocenters. The lowest BCUT2D eigenvalue weighted by Gasteiger charge is -2.27. The molecule has 1 aliphatic carbocycles. The predicted molar refractivity (Wildman–Crippen MR) is 103 cm³/mol. The summed E-state index contributed by atoms with van der Waals surface area (Å²) in [6.45, 7) is 5.11. The van der Waals surface area contributed by atoms with Crippen molar-refractivity contribution in [3.8, 4) is 0 Å². The number of aliphatic imine (C=N–C) groups is 1. The lowest BCUT2D eigenvalue weighted by molar-refractivity contribution is 0.120. The Kier molecular flexibility index (Phi) is 8.83. The number of hydrogen-bond acceptors (Lipinski definition) is 2. The lowest BCUT2D eigenvalue weighted by Crippen LogP contribution is -2.45. The lowest BCUT2D eigenvalue weighted by atomic mass is 9.93. The quantitative estimate of drug-likeness (QED) is 0.387. The van der Waals surface area contributed by atoms with Gasteiger partial charge in [-0.05, 0) is 56.7 Å².